The maximum atomic E-state index is 5.91. The van der Waals surface area contributed by atoms with E-state index in [1.807, 2.05) is 4.68 Å². The molecule has 0 aliphatic heterocycles. The minimum atomic E-state index is 0.135. The second-order valence-corrected chi connectivity index (χ2v) is 5.29. The van der Waals surface area contributed by atoms with Crippen LogP contribution in [0.5, 0.6) is 0 Å². The van der Waals surface area contributed by atoms with Crippen LogP contribution in [0, 0.1) is 5.41 Å². The molecule has 2 nitrogen and oxygen atoms in total. The predicted octanol–water partition coefficient (Wildman–Crippen LogP) is 3.66. The lowest BCUT2D eigenvalue weighted by molar-refractivity contribution is 0.404. The fourth-order valence-electron chi connectivity index (χ4n) is 1.44. The van der Waals surface area contributed by atoms with Gasteiger partial charge in [0.25, 0.3) is 0 Å². The fraction of sp³-hybridized carbons (Fsp3) is 0.750. The van der Waals surface area contributed by atoms with Gasteiger partial charge in [-0.3, -0.25) is 4.68 Å². The Balaban J connectivity index is 2.68. The first kappa shape index (κ1) is 12.6. The zero-order valence-electron chi connectivity index (χ0n) is 10.1. The zero-order valence-corrected chi connectivity index (χ0v) is 10.9. The summed E-state index contributed by atoms with van der Waals surface area (Å²) in [6.07, 6.45) is 4.12. The van der Waals surface area contributed by atoms with Crippen LogP contribution in [0.1, 0.15) is 45.9 Å². The maximum absolute atomic E-state index is 5.91. The van der Waals surface area contributed by atoms with E-state index < -0.39 is 0 Å². The van der Waals surface area contributed by atoms with E-state index in [1.165, 1.54) is 0 Å². The van der Waals surface area contributed by atoms with Gasteiger partial charge in [-0.1, -0.05) is 20.8 Å². The molecule has 1 aromatic heterocycles. The molecule has 3 heteroatoms. The summed E-state index contributed by atoms with van der Waals surface area (Å²) < 4.78 is 2.04. The third-order valence-corrected chi connectivity index (χ3v) is 3.45. The van der Waals surface area contributed by atoms with Gasteiger partial charge < -0.3 is 0 Å². The first-order valence-corrected chi connectivity index (χ1v) is 6.12. The number of aromatic nitrogens is 2. The molecule has 0 radical (unpaired) electrons. The van der Waals surface area contributed by atoms with Crippen molar-refractivity contribution in [3.8, 4) is 0 Å². The van der Waals surface area contributed by atoms with Crippen molar-refractivity contribution in [2.75, 3.05) is 5.88 Å². The van der Waals surface area contributed by atoms with Gasteiger partial charge in [0.05, 0.1) is 5.69 Å². The molecule has 0 aliphatic carbocycles. The Morgan fingerprint density at radius 1 is 1.53 bits per heavy atom. The van der Waals surface area contributed by atoms with E-state index >= 15 is 0 Å². The van der Waals surface area contributed by atoms with Crippen molar-refractivity contribution < 1.29 is 0 Å². The van der Waals surface area contributed by atoms with Crippen LogP contribution in [-0.2, 0) is 6.42 Å². The van der Waals surface area contributed by atoms with Gasteiger partial charge >= 0.3 is 0 Å². The van der Waals surface area contributed by atoms with Crippen molar-refractivity contribution >= 4 is 11.6 Å². The van der Waals surface area contributed by atoms with E-state index in [0.717, 1.165) is 18.5 Å². The quantitative estimate of drug-likeness (QED) is 0.704. The van der Waals surface area contributed by atoms with Gasteiger partial charge in [-0.25, -0.2) is 0 Å². The Labute approximate surface area is 97.6 Å². The van der Waals surface area contributed by atoms with Gasteiger partial charge in [-0.15, -0.1) is 11.6 Å². The van der Waals surface area contributed by atoms with Crippen molar-refractivity contribution in [2.45, 2.75) is 46.6 Å². The Bertz CT molecular complexity index is 304. The first-order chi connectivity index (χ1) is 6.98. The largest absolute Gasteiger partial charge is 0.270 e. The number of halogens is 1. The van der Waals surface area contributed by atoms with E-state index in [2.05, 4.69) is 45.1 Å². The minimum absolute atomic E-state index is 0.135. The highest BCUT2D eigenvalue weighted by Gasteiger charge is 2.18. The fourth-order valence-corrected chi connectivity index (χ4v) is 1.54. The van der Waals surface area contributed by atoms with Gasteiger partial charge in [-0.05, 0) is 31.2 Å². The monoisotopic (exact) mass is 228 g/mol. The lowest BCUT2D eigenvalue weighted by Gasteiger charge is -2.19. The summed E-state index contributed by atoms with van der Waals surface area (Å²) in [5, 5.41) is 4.57. The summed E-state index contributed by atoms with van der Waals surface area (Å²) in [5.41, 5.74) is 1.27. The Kier molecular flexibility index (Phi) is 4.21. The molecule has 0 saturated carbocycles. The van der Waals surface area contributed by atoms with Crippen LogP contribution in [0.25, 0.3) is 0 Å². The van der Waals surface area contributed by atoms with Crippen molar-refractivity contribution in [3.05, 3.63) is 18.0 Å². The van der Waals surface area contributed by atoms with Gasteiger partial charge in [0.15, 0.2) is 0 Å². The first-order valence-electron chi connectivity index (χ1n) is 5.58. The minimum Gasteiger partial charge on any atom is -0.270 e. The maximum Gasteiger partial charge on any atom is 0.0630 e. The van der Waals surface area contributed by atoms with Crippen molar-refractivity contribution in [2.24, 2.45) is 5.41 Å². The highest BCUT2D eigenvalue weighted by molar-refractivity contribution is 6.18. The van der Waals surface area contributed by atoms with Crippen LogP contribution in [0.2, 0.25) is 0 Å². The Morgan fingerprint density at radius 3 is 2.73 bits per heavy atom. The summed E-state index contributed by atoms with van der Waals surface area (Å²) in [6.45, 7) is 8.70. The standard InChI is InChI=1S/C12H21ClN2/c1-5-10(2)15-7-6-11(14-15)8-12(3,4)9-13/h6-7,10H,5,8-9H2,1-4H3. The molecule has 1 rings (SSSR count). The van der Waals surface area contributed by atoms with E-state index in [4.69, 9.17) is 11.6 Å². The number of rotatable bonds is 5. The average Bonchev–Trinajstić information content (AvgIpc) is 2.64. The summed E-state index contributed by atoms with van der Waals surface area (Å²) in [4.78, 5) is 0. The third kappa shape index (κ3) is 3.53. The second kappa shape index (κ2) is 5.02. The molecule has 0 amide bonds. The van der Waals surface area contributed by atoms with Crippen molar-refractivity contribution in [3.63, 3.8) is 0 Å². The number of hydrogen-bond acceptors (Lipinski definition) is 1. The van der Waals surface area contributed by atoms with Gasteiger partial charge in [-0.2, -0.15) is 5.10 Å². The molecule has 1 atom stereocenters. The smallest absolute Gasteiger partial charge is 0.0630 e. The second-order valence-electron chi connectivity index (χ2n) is 5.02. The van der Waals surface area contributed by atoms with Crippen LogP contribution < -0.4 is 0 Å². The van der Waals surface area contributed by atoms with Crippen molar-refractivity contribution in [1.29, 1.82) is 0 Å². The normalized spacial score (nSPS) is 14.2. The third-order valence-electron chi connectivity index (χ3n) is 2.73. The molecule has 0 bridgehead atoms. The summed E-state index contributed by atoms with van der Waals surface area (Å²) in [6, 6.07) is 2.58. The molecule has 15 heavy (non-hydrogen) atoms. The van der Waals surface area contributed by atoms with E-state index in [0.29, 0.717) is 11.9 Å². The zero-order chi connectivity index (χ0) is 11.5. The number of hydrogen-bond donors (Lipinski definition) is 0. The Hall–Kier alpha value is -0.500. The van der Waals surface area contributed by atoms with Gasteiger partial charge in [0.2, 0.25) is 0 Å². The van der Waals surface area contributed by atoms with Crippen LogP contribution in [0.3, 0.4) is 0 Å². The summed E-state index contributed by atoms with van der Waals surface area (Å²) in [7, 11) is 0. The molecular formula is C12H21ClN2. The highest BCUT2D eigenvalue weighted by atomic mass is 35.5. The topological polar surface area (TPSA) is 17.8 Å². The molecule has 0 fully saturated rings. The molecule has 86 valence electrons. The lowest BCUT2D eigenvalue weighted by Crippen LogP contribution is -2.17. The highest BCUT2D eigenvalue weighted by Crippen LogP contribution is 2.22. The lowest BCUT2D eigenvalue weighted by atomic mass is 9.90. The van der Waals surface area contributed by atoms with E-state index in [1.54, 1.807) is 0 Å². The number of alkyl halides is 1. The van der Waals surface area contributed by atoms with Crippen LogP contribution >= 0.6 is 11.6 Å². The molecule has 0 N–H and O–H groups in total. The van der Waals surface area contributed by atoms with Crippen molar-refractivity contribution in [1.82, 2.24) is 9.78 Å². The SMILES string of the molecule is CCC(C)n1ccc(CC(C)(C)CCl)n1. The summed E-state index contributed by atoms with van der Waals surface area (Å²) >= 11 is 5.91. The van der Waals surface area contributed by atoms with E-state index in [-0.39, 0.29) is 5.41 Å². The van der Waals surface area contributed by atoms with Crippen LogP contribution in [-0.4, -0.2) is 15.7 Å². The molecule has 0 spiro atoms. The van der Waals surface area contributed by atoms with Gasteiger partial charge in [0, 0.05) is 18.1 Å². The van der Waals surface area contributed by atoms with Crippen LogP contribution in [0.15, 0.2) is 12.3 Å². The van der Waals surface area contributed by atoms with Crippen LogP contribution in [0.4, 0.5) is 0 Å². The molecule has 0 aromatic carbocycles. The molecular weight excluding hydrogens is 208 g/mol. The van der Waals surface area contributed by atoms with Gasteiger partial charge in [0.1, 0.15) is 0 Å². The molecule has 1 unspecified atom stereocenters. The molecule has 0 saturated heterocycles. The predicted molar refractivity (Wildman–Crippen MR) is 65.4 cm³/mol. The molecule has 1 aromatic rings. The molecule has 1 heterocycles. The average molecular weight is 229 g/mol. The Morgan fingerprint density at radius 2 is 2.20 bits per heavy atom. The number of nitrogens with zero attached hydrogens (tertiary/aromatic N) is 2. The molecule has 0 aliphatic rings. The summed E-state index contributed by atoms with van der Waals surface area (Å²) in [5.74, 6) is 0.670. The van der Waals surface area contributed by atoms with E-state index in [9.17, 15) is 0 Å².